The maximum absolute atomic E-state index is 11.7. The molecule has 0 heterocycles. The van der Waals surface area contributed by atoms with E-state index in [1.54, 1.807) is 30.1 Å². The standard InChI is InChI=1S/C13H20N4O3.ClH/c1-14-8-5-9-15-13(18)10-16(2)11-6-3-4-7-12(11)17(19)20;/h3-4,6-7,14H,5,8-10H2,1-2H3,(H,15,18);1H. The molecule has 0 unspecified atom stereocenters. The number of rotatable bonds is 8. The third kappa shape index (κ3) is 6.42. The van der Waals surface area contributed by atoms with Gasteiger partial charge in [0.25, 0.3) is 5.69 Å². The number of likely N-dealkylation sites (N-methyl/N-ethyl adjacent to an activating group) is 1. The molecule has 7 nitrogen and oxygen atoms in total. The molecule has 0 atom stereocenters. The van der Waals surface area contributed by atoms with Crippen molar-refractivity contribution in [1.82, 2.24) is 10.6 Å². The van der Waals surface area contributed by atoms with Crippen LogP contribution in [0.3, 0.4) is 0 Å². The lowest BCUT2D eigenvalue weighted by Gasteiger charge is -2.18. The molecule has 8 heteroatoms. The van der Waals surface area contributed by atoms with E-state index in [4.69, 9.17) is 0 Å². The fraction of sp³-hybridized carbons (Fsp3) is 0.462. The Labute approximate surface area is 130 Å². The van der Waals surface area contributed by atoms with Crippen molar-refractivity contribution in [1.29, 1.82) is 0 Å². The SMILES string of the molecule is CNCCCNC(=O)CN(C)c1ccccc1[N+](=O)[O-].Cl. The van der Waals surface area contributed by atoms with Gasteiger partial charge in [0.05, 0.1) is 11.5 Å². The van der Waals surface area contributed by atoms with Gasteiger partial charge in [-0.3, -0.25) is 14.9 Å². The molecule has 0 saturated carbocycles. The van der Waals surface area contributed by atoms with E-state index in [-0.39, 0.29) is 30.5 Å². The number of nitro benzene ring substituents is 1. The van der Waals surface area contributed by atoms with Gasteiger partial charge in [-0.05, 0) is 26.1 Å². The molecule has 2 N–H and O–H groups in total. The molecule has 1 aromatic rings. The highest BCUT2D eigenvalue weighted by molar-refractivity contribution is 5.85. The summed E-state index contributed by atoms with van der Waals surface area (Å²) in [6.45, 7) is 1.51. The zero-order valence-electron chi connectivity index (χ0n) is 12.2. The number of amides is 1. The largest absolute Gasteiger partial charge is 0.360 e. The smallest absolute Gasteiger partial charge is 0.292 e. The second kappa shape index (κ2) is 9.95. The molecule has 1 amide bonds. The van der Waals surface area contributed by atoms with E-state index in [0.29, 0.717) is 12.2 Å². The number of hydrogen-bond donors (Lipinski definition) is 2. The minimum Gasteiger partial charge on any atom is -0.360 e. The summed E-state index contributed by atoms with van der Waals surface area (Å²) < 4.78 is 0. The summed E-state index contributed by atoms with van der Waals surface area (Å²) in [5.41, 5.74) is 0.431. The number of halogens is 1. The van der Waals surface area contributed by atoms with E-state index in [2.05, 4.69) is 10.6 Å². The normalized spacial score (nSPS) is 9.62. The Kier molecular flexibility index (Phi) is 9.07. The third-order valence-electron chi connectivity index (χ3n) is 2.80. The van der Waals surface area contributed by atoms with Gasteiger partial charge in [0.1, 0.15) is 5.69 Å². The third-order valence-corrected chi connectivity index (χ3v) is 2.80. The van der Waals surface area contributed by atoms with E-state index in [1.807, 2.05) is 7.05 Å². The Morgan fingerprint density at radius 1 is 1.33 bits per heavy atom. The lowest BCUT2D eigenvalue weighted by molar-refractivity contribution is -0.384. The molecule has 0 aliphatic heterocycles. The second-order valence-corrected chi connectivity index (χ2v) is 4.41. The Balaban J connectivity index is 0.00000400. The van der Waals surface area contributed by atoms with Crippen molar-refractivity contribution in [2.24, 2.45) is 0 Å². The van der Waals surface area contributed by atoms with Crippen LogP contribution in [-0.2, 0) is 4.79 Å². The van der Waals surface area contributed by atoms with Crippen LogP contribution in [0.4, 0.5) is 11.4 Å². The first-order valence-corrected chi connectivity index (χ1v) is 6.42. The van der Waals surface area contributed by atoms with Gasteiger partial charge in [-0.2, -0.15) is 0 Å². The van der Waals surface area contributed by atoms with Crippen molar-refractivity contribution >= 4 is 29.7 Å². The monoisotopic (exact) mass is 316 g/mol. The predicted octanol–water partition coefficient (Wildman–Crippen LogP) is 1.18. The molecule has 1 rings (SSSR count). The van der Waals surface area contributed by atoms with E-state index in [1.165, 1.54) is 6.07 Å². The summed E-state index contributed by atoms with van der Waals surface area (Å²) in [5.74, 6) is -0.151. The highest BCUT2D eigenvalue weighted by Crippen LogP contribution is 2.26. The van der Waals surface area contributed by atoms with Crippen LogP contribution < -0.4 is 15.5 Å². The minimum absolute atomic E-state index is 0. The van der Waals surface area contributed by atoms with Crippen LogP contribution in [0.1, 0.15) is 6.42 Å². The van der Waals surface area contributed by atoms with Gasteiger partial charge in [-0.1, -0.05) is 12.1 Å². The van der Waals surface area contributed by atoms with Crippen molar-refractivity contribution in [3.05, 3.63) is 34.4 Å². The number of nitrogens with one attached hydrogen (secondary N) is 2. The number of benzene rings is 1. The van der Waals surface area contributed by atoms with Gasteiger partial charge in [0, 0.05) is 19.7 Å². The summed E-state index contributed by atoms with van der Waals surface area (Å²) in [5, 5.41) is 16.7. The van der Waals surface area contributed by atoms with Crippen LogP contribution in [0.2, 0.25) is 0 Å². The average Bonchev–Trinajstić information content (AvgIpc) is 2.43. The molecule has 0 fully saturated rings. The first-order valence-electron chi connectivity index (χ1n) is 6.42. The highest BCUT2D eigenvalue weighted by atomic mass is 35.5. The fourth-order valence-corrected chi connectivity index (χ4v) is 1.79. The topological polar surface area (TPSA) is 87.5 Å². The molecule has 0 spiro atoms. The molecule has 0 bridgehead atoms. The first-order chi connectivity index (χ1) is 9.56. The van der Waals surface area contributed by atoms with Crippen LogP contribution in [0.15, 0.2) is 24.3 Å². The highest BCUT2D eigenvalue weighted by Gasteiger charge is 2.17. The fourth-order valence-electron chi connectivity index (χ4n) is 1.79. The molecule has 0 aromatic heterocycles. The van der Waals surface area contributed by atoms with Crippen LogP contribution in [0, 0.1) is 10.1 Å². The number of anilines is 1. The summed E-state index contributed by atoms with van der Waals surface area (Å²) >= 11 is 0. The van der Waals surface area contributed by atoms with E-state index >= 15 is 0 Å². The lowest BCUT2D eigenvalue weighted by atomic mass is 10.2. The number of carbonyl (C=O) groups is 1. The molecular formula is C13H21ClN4O3. The summed E-state index contributed by atoms with van der Waals surface area (Å²) in [7, 11) is 3.51. The summed E-state index contributed by atoms with van der Waals surface area (Å²) in [6, 6.07) is 6.38. The Hall–Kier alpha value is -1.86. The molecule has 1 aromatic carbocycles. The van der Waals surface area contributed by atoms with Gasteiger partial charge in [-0.15, -0.1) is 12.4 Å². The van der Waals surface area contributed by atoms with Gasteiger partial charge >= 0.3 is 0 Å². The molecule has 0 saturated heterocycles. The zero-order valence-corrected chi connectivity index (χ0v) is 13.0. The average molecular weight is 317 g/mol. The van der Waals surface area contributed by atoms with Crippen molar-refractivity contribution in [3.63, 3.8) is 0 Å². The summed E-state index contributed by atoms with van der Waals surface area (Å²) in [6.07, 6.45) is 0.845. The maximum Gasteiger partial charge on any atom is 0.292 e. The second-order valence-electron chi connectivity index (χ2n) is 4.41. The number of nitro groups is 1. The number of para-hydroxylation sites is 2. The Morgan fingerprint density at radius 2 is 2.00 bits per heavy atom. The van der Waals surface area contributed by atoms with Gasteiger partial charge in [0.15, 0.2) is 0 Å². The maximum atomic E-state index is 11.7. The van der Waals surface area contributed by atoms with Crippen molar-refractivity contribution in [3.8, 4) is 0 Å². The van der Waals surface area contributed by atoms with Gasteiger partial charge in [-0.25, -0.2) is 0 Å². The van der Waals surface area contributed by atoms with Gasteiger partial charge < -0.3 is 15.5 Å². The minimum atomic E-state index is -0.448. The van der Waals surface area contributed by atoms with Crippen molar-refractivity contribution < 1.29 is 9.72 Å². The lowest BCUT2D eigenvalue weighted by Crippen LogP contribution is -2.36. The zero-order chi connectivity index (χ0) is 15.0. The van der Waals surface area contributed by atoms with Crippen LogP contribution in [-0.4, -0.2) is 44.6 Å². The predicted molar refractivity (Wildman–Crippen MR) is 85.2 cm³/mol. The molecular weight excluding hydrogens is 296 g/mol. The van der Waals surface area contributed by atoms with Gasteiger partial charge in [0.2, 0.25) is 5.91 Å². The molecule has 0 aliphatic rings. The van der Waals surface area contributed by atoms with Crippen molar-refractivity contribution in [2.75, 3.05) is 38.6 Å². The summed E-state index contributed by atoms with van der Waals surface area (Å²) in [4.78, 5) is 23.8. The van der Waals surface area contributed by atoms with Crippen LogP contribution >= 0.6 is 12.4 Å². The van der Waals surface area contributed by atoms with Crippen LogP contribution in [0.25, 0.3) is 0 Å². The number of hydrogen-bond acceptors (Lipinski definition) is 5. The molecule has 0 radical (unpaired) electrons. The first kappa shape index (κ1) is 19.1. The molecule has 21 heavy (non-hydrogen) atoms. The van der Waals surface area contributed by atoms with Crippen LogP contribution in [0.5, 0.6) is 0 Å². The van der Waals surface area contributed by atoms with E-state index in [9.17, 15) is 14.9 Å². The molecule has 0 aliphatic carbocycles. The number of carbonyl (C=O) groups excluding carboxylic acids is 1. The number of nitrogens with zero attached hydrogens (tertiary/aromatic N) is 2. The Morgan fingerprint density at radius 3 is 2.62 bits per heavy atom. The molecule has 118 valence electrons. The van der Waals surface area contributed by atoms with Crippen molar-refractivity contribution in [2.45, 2.75) is 6.42 Å². The van der Waals surface area contributed by atoms with E-state index in [0.717, 1.165) is 13.0 Å². The Bertz CT molecular complexity index is 470. The van der Waals surface area contributed by atoms with E-state index < -0.39 is 4.92 Å². The quantitative estimate of drug-likeness (QED) is 0.427.